The predicted octanol–water partition coefficient (Wildman–Crippen LogP) is 1.57. The van der Waals surface area contributed by atoms with Crippen LogP contribution in [0.5, 0.6) is 0 Å². The Bertz CT molecular complexity index is 630. The summed E-state index contributed by atoms with van der Waals surface area (Å²) in [6.45, 7) is 5.55. The van der Waals surface area contributed by atoms with Gasteiger partial charge in [-0.2, -0.15) is 5.10 Å². The summed E-state index contributed by atoms with van der Waals surface area (Å²) in [6, 6.07) is 0. The minimum atomic E-state index is 0.493. The highest BCUT2D eigenvalue weighted by molar-refractivity contribution is 5.57. The molecule has 1 saturated carbocycles. The predicted molar refractivity (Wildman–Crippen MR) is 82.0 cm³/mol. The SMILES string of the molecule is Cc1cnn(CCNc2nc(C3CC3)nc(NN)c2C)c1. The Morgan fingerprint density at radius 3 is 2.67 bits per heavy atom. The largest absolute Gasteiger partial charge is 0.368 e. The smallest absolute Gasteiger partial charge is 0.148 e. The highest BCUT2D eigenvalue weighted by Gasteiger charge is 2.28. The number of hydrazine groups is 1. The van der Waals surface area contributed by atoms with E-state index in [-0.39, 0.29) is 0 Å². The van der Waals surface area contributed by atoms with Gasteiger partial charge in [-0.25, -0.2) is 15.8 Å². The number of hydrogen-bond acceptors (Lipinski definition) is 6. The zero-order chi connectivity index (χ0) is 14.8. The molecule has 2 heterocycles. The van der Waals surface area contributed by atoms with Crippen molar-refractivity contribution < 1.29 is 0 Å². The van der Waals surface area contributed by atoms with Gasteiger partial charge in [0.1, 0.15) is 17.5 Å². The molecular weight excluding hydrogens is 266 g/mol. The van der Waals surface area contributed by atoms with Crippen LogP contribution in [-0.2, 0) is 6.54 Å². The van der Waals surface area contributed by atoms with Crippen LogP contribution >= 0.6 is 0 Å². The second-order valence-corrected chi connectivity index (χ2v) is 5.53. The molecule has 0 atom stereocenters. The number of hydrogen-bond donors (Lipinski definition) is 3. The Hall–Kier alpha value is -2.15. The second-order valence-electron chi connectivity index (χ2n) is 5.53. The first-order chi connectivity index (χ1) is 10.2. The maximum Gasteiger partial charge on any atom is 0.148 e. The van der Waals surface area contributed by atoms with Gasteiger partial charge in [0.05, 0.1) is 12.7 Å². The molecule has 7 heteroatoms. The van der Waals surface area contributed by atoms with E-state index in [4.69, 9.17) is 5.84 Å². The number of rotatable bonds is 6. The molecular formula is C14H21N7. The fourth-order valence-corrected chi connectivity index (χ4v) is 2.25. The summed E-state index contributed by atoms with van der Waals surface area (Å²) in [4.78, 5) is 9.11. The van der Waals surface area contributed by atoms with Gasteiger partial charge >= 0.3 is 0 Å². The van der Waals surface area contributed by atoms with Gasteiger partial charge in [0.2, 0.25) is 0 Å². The lowest BCUT2D eigenvalue weighted by Crippen LogP contribution is -2.17. The number of nitrogens with one attached hydrogen (secondary N) is 2. The standard InChI is InChI=1S/C14H21N7/c1-9-7-17-21(8-9)6-5-16-12-10(2)13(20-15)19-14(18-12)11-3-4-11/h7-8,11H,3-6,15H2,1-2H3,(H2,16,18,19,20). The van der Waals surface area contributed by atoms with E-state index in [1.54, 1.807) is 0 Å². The molecule has 0 amide bonds. The third-order valence-corrected chi connectivity index (χ3v) is 3.64. The van der Waals surface area contributed by atoms with Crippen molar-refractivity contribution in [3.8, 4) is 0 Å². The van der Waals surface area contributed by atoms with Gasteiger partial charge in [-0.15, -0.1) is 0 Å². The molecule has 0 aliphatic heterocycles. The summed E-state index contributed by atoms with van der Waals surface area (Å²) in [5.74, 6) is 8.47. The average Bonchev–Trinajstić information content (AvgIpc) is 3.24. The summed E-state index contributed by atoms with van der Waals surface area (Å²) in [7, 11) is 0. The number of anilines is 2. The van der Waals surface area contributed by atoms with Crippen molar-refractivity contribution in [3.63, 3.8) is 0 Å². The molecule has 21 heavy (non-hydrogen) atoms. The van der Waals surface area contributed by atoms with Gasteiger partial charge in [0.15, 0.2) is 0 Å². The van der Waals surface area contributed by atoms with E-state index in [0.717, 1.165) is 30.3 Å². The molecule has 0 unspecified atom stereocenters. The summed E-state index contributed by atoms with van der Waals surface area (Å²) >= 11 is 0. The highest BCUT2D eigenvalue weighted by atomic mass is 15.3. The Labute approximate surface area is 123 Å². The molecule has 1 fully saturated rings. The van der Waals surface area contributed by atoms with Crippen LogP contribution in [0.15, 0.2) is 12.4 Å². The molecule has 0 aromatic carbocycles. The minimum Gasteiger partial charge on any atom is -0.368 e. The van der Waals surface area contributed by atoms with Crippen molar-refractivity contribution in [2.24, 2.45) is 5.84 Å². The summed E-state index contributed by atoms with van der Waals surface area (Å²) in [6.07, 6.45) is 6.22. The van der Waals surface area contributed by atoms with Crippen molar-refractivity contribution in [1.82, 2.24) is 19.7 Å². The molecule has 0 saturated heterocycles. The zero-order valence-corrected chi connectivity index (χ0v) is 12.4. The molecule has 3 rings (SSSR count). The molecule has 0 radical (unpaired) electrons. The normalized spacial score (nSPS) is 14.2. The quantitative estimate of drug-likeness (QED) is 0.551. The van der Waals surface area contributed by atoms with E-state index in [2.05, 4.69) is 25.8 Å². The van der Waals surface area contributed by atoms with E-state index < -0.39 is 0 Å². The summed E-state index contributed by atoms with van der Waals surface area (Å²) in [5, 5.41) is 7.63. The van der Waals surface area contributed by atoms with Gasteiger partial charge in [-0.1, -0.05) is 0 Å². The molecule has 0 bridgehead atoms. The second kappa shape index (κ2) is 5.69. The summed E-state index contributed by atoms with van der Waals surface area (Å²) < 4.78 is 1.92. The fraction of sp³-hybridized carbons (Fsp3) is 0.500. The maximum absolute atomic E-state index is 5.55. The van der Waals surface area contributed by atoms with Gasteiger partial charge < -0.3 is 10.7 Å². The molecule has 1 aliphatic rings. The average molecular weight is 287 g/mol. The van der Waals surface area contributed by atoms with Crippen LogP contribution in [0.1, 0.15) is 35.7 Å². The van der Waals surface area contributed by atoms with Crippen molar-refractivity contribution in [1.29, 1.82) is 0 Å². The Morgan fingerprint density at radius 1 is 1.29 bits per heavy atom. The zero-order valence-electron chi connectivity index (χ0n) is 12.4. The van der Waals surface area contributed by atoms with Crippen molar-refractivity contribution in [2.75, 3.05) is 17.3 Å². The number of nitrogens with zero attached hydrogens (tertiary/aromatic N) is 4. The molecule has 1 aliphatic carbocycles. The lowest BCUT2D eigenvalue weighted by Gasteiger charge is -2.13. The van der Waals surface area contributed by atoms with Crippen molar-refractivity contribution in [2.45, 2.75) is 39.2 Å². The van der Waals surface area contributed by atoms with Crippen LogP contribution < -0.4 is 16.6 Å². The Kier molecular flexibility index (Phi) is 3.74. The van der Waals surface area contributed by atoms with Gasteiger partial charge in [-0.05, 0) is 32.3 Å². The van der Waals surface area contributed by atoms with Gasteiger partial charge in [-0.3, -0.25) is 4.68 Å². The molecule has 0 spiro atoms. The molecule has 7 nitrogen and oxygen atoms in total. The molecule has 2 aromatic heterocycles. The lowest BCUT2D eigenvalue weighted by molar-refractivity contribution is 0.636. The van der Waals surface area contributed by atoms with Crippen molar-refractivity contribution in [3.05, 3.63) is 29.3 Å². The monoisotopic (exact) mass is 287 g/mol. The van der Waals surface area contributed by atoms with Crippen LogP contribution in [0, 0.1) is 13.8 Å². The van der Waals surface area contributed by atoms with Crippen LogP contribution in [0.25, 0.3) is 0 Å². The topological polar surface area (TPSA) is 93.7 Å². The number of aryl methyl sites for hydroxylation is 1. The minimum absolute atomic E-state index is 0.493. The first kappa shape index (κ1) is 13.8. The Balaban J connectivity index is 1.70. The van der Waals surface area contributed by atoms with Crippen LogP contribution in [0.3, 0.4) is 0 Å². The highest BCUT2D eigenvalue weighted by Crippen LogP contribution is 2.39. The van der Waals surface area contributed by atoms with E-state index >= 15 is 0 Å². The number of nitrogens with two attached hydrogens (primary N) is 1. The molecule has 4 N–H and O–H groups in total. The molecule has 112 valence electrons. The fourth-order valence-electron chi connectivity index (χ4n) is 2.25. The van der Waals surface area contributed by atoms with Gasteiger partial charge in [0.25, 0.3) is 0 Å². The first-order valence-corrected chi connectivity index (χ1v) is 7.25. The molecule has 2 aromatic rings. The third kappa shape index (κ3) is 3.13. The summed E-state index contributed by atoms with van der Waals surface area (Å²) in [5.41, 5.74) is 4.77. The van der Waals surface area contributed by atoms with Crippen LogP contribution in [-0.4, -0.2) is 26.3 Å². The number of aromatic nitrogens is 4. The first-order valence-electron chi connectivity index (χ1n) is 7.25. The van der Waals surface area contributed by atoms with E-state index in [1.807, 2.05) is 30.9 Å². The van der Waals surface area contributed by atoms with Crippen molar-refractivity contribution >= 4 is 11.6 Å². The maximum atomic E-state index is 5.55. The Morgan fingerprint density at radius 2 is 2.05 bits per heavy atom. The van der Waals surface area contributed by atoms with E-state index in [9.17, 15) is 0 Å². The number of nitrogen functional groups attached to an aromatic ring is 1. The van der Waals surface area contributed by atoms with E-state index in [0.29, 0.717) is 11.7 Å². The van der Waals surface area contributed by atoms with E-state index in [1.165, 1.54) is 18.4 Å². The third-order valence-electron chi connectivity index (χ3n) is 3.64. The lowest BCUT2D eigenvalue weighted by atomic mass is 10.3. The van der Waals surface area contributed by atoms with Gasteiger partial charge in [0, 0.05) is 24.2 Å². The van der Waals surface area contributed by atoms with Crippen LogP contribution in [0.2, 0.25) is 0 Å². The van der Waals surface area contributed by atoms with Crippen LogP contribution in [0.4, 0.5) is 11.6 Å².